The van der Waals surface area contributed by atoms with Crippen LogP contribution in [0.2, 0.25) is 5.02 Å². The van der Waals surface area contributed by atoms with E-state index in [-0.39, 0.29) is 17.3 Å². The van der Waals surface area contributed by atoms with E-state index in [0.717, 1.165) is 27.8 Å². The van der Waals surface area contributed by atoms with Gasteiger partial charge in [-0.25, -0.2) is 8.42 Å². The number of benzene rings is 3. The molecule has 3 aromatic rings. The Morgan fingerprint density at radius 2 is 1.75 bits per heavy atom. The van der Waals surface area contributed by atoms with Gasteiger partial charge in [0.2, 0.25) is 5.91 Å². The molecule has 4 rings (SSSR count). The Kier molecular flexibility index (Phi) is 9.01. The fourth-order valence-corrected chi connectivity index (χ4v) is 6.18. The molecule has 0 atom stereocenters. The summed E-state index contributed by atoms with van der Waals surface area (Å²) in [5.74, 6) is 2.29. The van der Waals surface area contributed by atoms with Crippen LogP contribution in [0.5, 0.6) is 11.5 Å². The molecule has 0 bridgehead atoms. The van der Waals surface area contributed by atoms with Gasteiger partial charge in [-0.15, -0.1) is 0 Å². The van der Waals surface area contributed by atoms with Crippen molar-refractivity contribution in [1.82, 2.24) is 5.32 Å². The molecule has 190 valence electrons. The number of halogens is 1. The average Bonchev–Trinajstić information content (AvgIpc) is 2.89. The summed E-state index contributed by atoms with van der Waals surface area (Å²) in [6.45, 7) is 0.893. The summed E-state index contributed by atoms with van der Waals surface area (Å²) in [7, 11) is -3.99. The number of hydrogen-bond donors (Lipinski definition) is 1. The fraction of sp³-hybridized carbons (Fsp3) is 0.269. The quantitative estimate of drug-likeness (QED) is 0.349. The summed E-state index contributed by atoms with van der Waals surface area (Å²) in [5, 5.41) is 3.56. The van der Waals surface area contributed by atoms with Crippen LogP contribution in [0.15, 0.2) is 77.7 Å². The van der Waals surface area contributed by atoms with E-state index in [1.54, 1.807) is 48.2 Å². The largest absolute Gasteiger partial charge is 0.486 e. The van der Waals surface area contributed by atoms with Crippen LogP contribution in [-0.2, 0) is 20.6 Å². The first-order valence-electron chi connectivity index (χ1n) is 11.5. The van der Waals surface area contributed by atoms with E-state index < -0.39 is 10.0 Å². The van der Waals surface area contributed by atoms with E-state index in [4.69, 9.17) is 21.1 Å². The summed E-state index contributed by atoms with van der Waals surface area (Å²) in [5.41, 5.74) is 1.48. The maximum Gasteiger partial charge on any atom is 0.264 e. The molecule has 1 N–H and O–H groups in total. The number of carbonyl (C=O) groups excluding carboxylic acids is 1. The summed E-state index contributed by atoms with van der Waals surface area (Å²) < 4.78 is 39.2. The second-order valence-corrected chi connectivity index (χ2v) is 11.4. The molecule has 3 aromatic carbocycles. The minimum Gasteiger partial charge on any atom is -0.486 e. The van der Waals surface area contributed by atoms with Gasteiger partial charge in [0.25, 0.3) is 10.0 Å². The highest BCUT2D eigenvalue weighted by Gasteiger charge is 2.28. The summed E-state index contributed by atoms with van der Waals surface area (Å²) in [6, 6.07) is 20.7. The molecular formula is C26H27ClN2O5S2. The van der Waals surface area contributed by atoms with E-state index in [0.29, 0.717) is 42.0 Å². The first kappa shape index (κ1) is 26.2. The van der Waals surface area contributed by atoms with Crippen molar-refractivity contribution in [2.45, 2.75) is 17.1 Å². The molecule has 0 unspecified atom stereocenters. The third-order valence-corrected chi connectivity index (χ3v) is 8.52. The van der Waals surface area contributed by atoms with E-state index in [2.05, 4.69) is 5.32 Å². The molecule has 0 radical (unpaired) electrons. The molecule has 1 aliphatic rings. The van der Waals surface area contributed by atoms with Crippen LogP contribution in [0.4, 0.5) is 5.69 Å². The van der Waals surface area contributed by atoms with E-state index >= 15 is 0 Å². The molecule has 7 nitrogen and oxygen atoms in total. The van der Waals surface area contributed by atoms with Gasteiger partial charge >= 0.3 is 0 Å². The lowest BCUT2D eigenvalue weighted by Crippen LogP contribution is -2.41. The van der Waals surface area contributed by atoms with Gasteiger partial charge in [0, 0.05) is 23.4 Å². The minimum atomic E-state index is -3.99. The van der Waals surface area contributed by atoms with Gasteiger partial charge in [0.15, 0.2) is 11.5 Å². The van der Waals surface area contributed by atoms with Crippen LogP contribution in [0.25, 0.3) is 0 Å². The number of sulfonamides is 1. The number of anilines is 1. The Morgan fingerprint density at radius 3 is 2.53 bits per heavy atom. The zero-order valence-corrected chi connectivity index (χ0v) is 21.9. The summed E-state index contributed by atoms with van der Waals surface area (Å²) in [6.07, 6.45) is 0.756. The van der Waals surface area contributed by atoms with Crippen molar-refractivity contribution < 1.29 is 22.7 Å². The van der Waals surface area contributed by atoms with Gasteiger partial charge in [-0.05, 0) is 54.1 Å². The maximum absolute atomic E-state index is 13.5. The first-order valence-corrected chi connectivity index (χ1v) is 14.5. The standard InChI is InChI=1S/C26H27ClN2O5S2/c27-21-7-4-6-20(16-21)19-35-15-5-12-28-26(30)18-29(36(31,32)23-8-2-1-3-9-23)22-10-11-24-25(17-22)34-14-13-33-24/h1-4,6-11,16-17H,5,12-15,18-19H2,(H,28,30). The fourth-order valence-electron chi connectivity index (χ4n) is 3.63. The van der Waals surface area contributed by atoms with Crippen LogP contribution in [-0.4, -0.2) is 46.4 Å². The highest BCUT2D eigenvalue weighted by Crippen LogP contribution is 2.35. The average molecular weight is 547 g/mol. The molecule has 1 aliphatic heterocycles. The third-order valence-electron chi connectivity index (χ3n) is 5.38. The molecular weight excluding hydrogens is 520 g/mol. The monoisotopic (exact) mass is 546 g/mol. The second-order valence-electron chi connectivity index (χ2n) is 8.04. The van der Waals surface area contributed by atoms with Gasteiger partial charge in [0.1, 0.15) is 19.8 Å². The Hall–Kier alpha value is -2.88. The van der Waals surface area contributed by atoms with Crippen molar-refractivity contribution in [3.05, 3.63) is 83.4 Å². The number of rotatable bonds is 11. The topological polar surface area (TPSA) is 84.9 Å². The molecule has 0 aliphatic carbocycles. The molecule has 10 heteroatoms. The van der Waals surface area contributed by atoms with Crippen molar-refractivity contribution in [3.8, 4) is 11.5 Å². The number of nitrogens with one attached hydrogen (secondary N) is 1. The molecule has 0 saturated heterocycles. The normalized spacial score (nSPS) is 12.7. The van der Waals surface area contributed by atoms with Crippen molar-refractivity contribution in [3.63, 3.8) is 0 Å². The van der Waals surface area contributed by atoms with E-state index in [9.17, 15) is 13.2 Å². The molecule has 1 amide bonds. The van der Waals surface area contributed by atoms with Gasteiger partial charge in [-0.2, -0.15) is 11.8 Å². The van der Waals surface area contributed by atoms with Crippen LogP contribution in [0.3, 0.4) is 0 Å². The van der Waals surface area contributed by atoms with E-state index in [1.165, 1.54) is 12.1 Å². The number of nitrogens with zero attached hydrogens (tertiary/aromatic N) is 1. The van der Waals surface area contributed by atoms with Crippen molar-refractivity contribution in [2.75, 3.05) is 36.4 Å². The third kappa shape index (κ3) is 6.87. The highest BCUT2D eigenvalue weighted by molar-refractivity contribution is 7.98. The minimum absolute atomic E-state index is 0.102. The van der Waals surface area contributed by atoms with Gasteiger partial charge < -0.3 is 14.8 Å². The Labute approximate surface area is 220 Å². The molecule has 36 heavy (non-hydrogen) atoms. The lowest BCUT2D eigenvalue weighted by molar-refractivity contribution is -0.119. The van der Waals surface area contributed by atoms with Crippen LogP contribution >= 0.6 is 23.4 Å². The maximum atomic E-state index is 13.5. The summed E-state index contributed by atoms with van der Waals surface area (Å²) in [4.78, 5) is 12.9. The van der Waals surface area contributed by atoms with Gasteiger partial charge in [0.05, 0.1) is 10.6 Å². The van der Waals surface area contributed by atoms with Crippen LogP contribution in [0.1, 0.15) is 12.0 Å². The Bertz CT molecular complexity index is 1290. The predicted molar refractivity (Wildman–Crippen MR) is 144 cm³/mol. The number of ether oxygens (including phenoxy) is 2. The Balaban J connectivity index is 1.38. The highest BCUT2D eigenvalue weighted by atomic mass is 35.5. The van der Waals surface area contributed by atoms with Gasteiger partial charge in [-0.1, -0.05) is 41.9 Å². The molecule has 0 saturated carbocycles. The van der Waals surface area contributed by atoms with Crippen molar-refractivity contribution in [1.29, 1.82) is 0 Å². The number of hydrogen-bond acceptors (Lipinski definition) is 6. The second kappa shape index (κ2) is 12.4. The van der Waals surface area contributed by atoms with Gasteiger partial charge in [-0.3, -0.25) is 9.10 Å². The lowest BCUT2D eigenvalue weighted by atomic mass is 10.2. The Morgan fingerprint density at radius 1 is 0.972 bits per heavy atom. The number of carbonyl (C=O) groups is 1. The molecule has 0 spiro atoms. The number of amides is 1. The van der Waals surface area contributed by atoms with Crippen LogP contribution in [0, 0.1) is 0 Å². The molecule has 0 aromatic heterocycles. The smallest absolute Gasteiger partial charge is 0.264 e. The zero-order chi connectivity index (χ0) is 25.4. The first-order chi connectivity index (χ1) is 17.4. The molecule has 1 heterocycles. The van der Waals surface area contributed by atoms with Crippen LogP contribution < -0.4 is 19.1 Å². The number of fused-ring (bicyclic) bond motifs is 1. The summed E-state index contributed by atoms with van der Waals surface area (Å²) >= 11 is 7.77. The predicted octanol–water partition coefficient (Wildman–Crippen LogP) is 4.75. The number of thioether (sulfide) groups is 1. The zero-order valence-electron chi connectivity index (χ0n) is 19.6. The van der Waals surface area contributed by atoms with Crippen molar-refractivity contribution in [2.24, 2.45) is 0 Å². The van der Waals surface area contributed by atoms with Crippen molar-refractivity contribution >= 4 is 45.0 Å². The molecule has 0 fully saturated rings. The lowest BCUT2D eigenvalue weighted by Gasteiger charge is -2.26. The van der Waals surface area contributed by atoms with E-state index in [1.807, 2.05) is 24.3 Å². The SMILES string of the molecule is O=C(CN(c1ccc2c(c1)OCCO2)S(=O)(=O)c1ccccc1)NCCCSCc1cccc(Cl)c1.